The molecule has 0 unspecified atom stereocenters. The predicted octanol–water partition coefficient (Wildman–Crippen LogP) is 7.25. The molecule has 0 spiro atoms. The SMILES string of the molecule is O=C1C(=Cc2cc3sc(-c4ccccc4)cc3s2)C(=O)c2cc3ccccc3cc21. The third-order valence-corrected chi connectivity index (χ3v) is 7.72. The van der Waals surface area contributed by atoms with Crippen LogP contribution in [0, 0.1) is 0 Å². The van der Waals surface area contributed by atoms with E-state index in [-0.39, 0.29) is 17.1 Å². The van der Waals surface area contributed by atoms with Gasteiger partial charge in [0.05, 0.1) is 5.57 Å². The van der Waals surface area contributed by atoms with Crippen LogP contribution in [0.5, 0.6) is 0 Å². The average Bonchev–Trinajstić information content (AvgIpc) is 3.41. The van der Waals surface area contributed by atoms with Crippen LogP contribution in [0.2, 0.25) is 0 Å². The fraction of sp³-hybridized carbons (Fsp3) is 0. The highest BCUT2D eigenvalue weighted by Crippen LogP contribution is 2.40. The van der Waals surface area contributed by atoms with Crippen molar-refractivity contribution in [3.63, 3.8) is 0 Å². The molecule has 1 aliphatic rings. The fourth-order valence-electron chi connectivity index (χ4n) is 3.95. The third-order valence-electron chi connectivity index (χ3n) is 5.44. The van der Waals surface area contributed by atoms with E-state index in [9.17, 15) is 9.59 Å². The van der Waals surface area contributed by atoms with Crippen LogP contribution in [-0.4, -0.2) is 11.6 Å². The summed E-state index contributed by atoms with van der Waals surface area (Å²) >= 11 is 3.35. The lowest BCUT2D eigenvalue weighted by Crippen LogP contribution is -1.99. The zero-order valence-corrected chi connectivity index (χ0v) is 17.3. The van der Waals surface area contributed by atoms with E-state index >= 15 is 0 Å². The molecular formula is C26H14O2S2. The molecule has 6 rings (SSSR count). The number of benzene rings is 3. The van der Waals surface area contributed by atoms with Gasteiger partial charge in [-0.2, -0.15) is 0 Å². The molecule has 2 nitrogen and oxygen atoms in total. The molecule has 0 N–H and O–H groups in total. The predicted molar refractivity (Wildman–Crippen MR) is 126 cm³/mol. The molecule has 2 aromatic heterocycles. The van der Waals surface area contributed by atoms with Crippen LogP contribution in [0.25, 0.3) is 36.7 Å². The smallest absolute Gasteiger partial charge is 0.197 e. The number of Topliss-reactive ketones (excluding diaryl/α,β-unsaturated/α-hetero) is 2. The summed E-state index contributed by atoms with van der Waals surface area (Å²) in [6, 6.07) is 26.0. The second-order valence-electron chi connectivity index (χ2n) is 7.32. The van der Waals surface area contributed by atoms with Gasteiger partial charge in [-0.3, -0.25) is 9.59 Å². The Morgan fingerprint density at radius 2 is 1.23 bits per heavy atom. The summed E-state index contributed by atoms with van der Waals surface area (Å²) < 4.78 is 2.35. The Bertz CT molecular complexity index is 1430. The minimum atomic E-state index is -0.178. The number of carbonyl (C=O) groups excluding carboxylic acids is 2. The lowest BCUT2D eigenvalue weighted by molar-refractivity contribution is 0.0990. The Balaban J connectivity index is 1.39. The number of thiophene rings is 2. The first-order valence-electron chi connectivity index (χ1n) is 9.60. The Labute approximate surface area is 180 Å². The molecule has 0 saturated carbocycles. The number of hydrogen-bond acceptors (Lipinski definition) is 4. The van der Waals surface area contributed by atoms with Gasteiger partial charge in [0.1, 0.15) is 0 Å². The molecule has 0 amide bonds. The summed E-state index contributed by atoms with van der Waals surface area (Å²) in [7, 11) is 0. The highest BCUT2D eigenvalue weighted by molar-refractivity contribution is 7.29. The molecule has 0 fully saturated rings. The maximum Gasteiger partial charge on any atom is 0.197 e. The Morgan fingerprint density at radius 3 is 1.87 bits per heavy atom. The molecule has 0 aliphatic heterocycles. The maximum absolute atomic E-state index is 13.0. The van der Waals surface area contributed by atoms with E-state index in [1.165, 1.54) is 19.8 Å². The summed E-state index contributed by atoms with van der Waals surface area (Å²) in [5.74, 6) is -0.357. The van der Waals surface area contributed by atoms with Crippen LogP contribution in [0.15, 0.2) is 84.4 Å². The van der Waals surface area contributed by atoms with Crippen molar-refractivity contribution < 1.29 is 9.59 Å². The number of rotatable bonds is 2. The number of hydrogen-bond donors (Lipinski definition) is 0. The number of fused-ring (bicyclic) bond motifs is 3. The minimum Gasteiger partial charge on any atom is -0.288 e. The lowest BCUT2D eigenvalue weighted by atomic mass is 10.0. The Kier molecular flexibility index (Phi) is 3.85. The zero-order chi connectivity index (χ0) is 20.2. The number of allylic oxidation sites excluding steroid dienone is 1. The first-order chi connectivity index (χ1) is 14.7. The highest BCUT2D eigenvalue weighted by Gasteiger charge is 2.33. The van der Waals surface area contributed by atoms with E-state index in [2.05, 4.69) is 24.3 Å². The van der Waals surface area contributed by atoms with Crippen molar-refractivity contribution in [3.05, 3.63) is 100 Å². The van der Waals surface area contributed by atoms with Gasteiger partial charge in [-0.15, -0.1) is 22.7 Å². The zero-order valence-electron chi connectivity index (χ0n) is 15.7. The monoisotopic (exact) mass is 422 g/mol. The second-order valence-corrected chi connectivity index (χ2v) is 9.51. The summed E-state index contributed by atoms with van der Waals surface area (Å²) in [5, 5.41) is 1.95. The summed E-state index contributed by atoms with van der Waals surface area (Å²) in [6.45, 7) is 0. The third kappa shape index (κ3) is 2.69. The number of carbonyl (C=O) groups is 2. The van der Waals surface area contributed by atoms with E-state index in [1.807, 2.05) is 54.6 Å². The van der Waals surface area contributed by atoms with Gasteiger partial charge in [-0.25, -0.2) is 0 Å². The standard InChI is InChI=1S/C26H14O2S2/c27-25-19-10-16-8-4-5-9-17(16)11-20(19)26(28)21(25)12-18-13-23-24(29-18)14-22(30-23)15-6-2-1-3-7-15/h1-14H. The molecule has 0 radical (unpaired) electrons. The van der Waals surface area contributed by atoms with Gasteiger partial charge in [0, 0.05) is 30.3 Å². The topological polar surface area (TPSA) is 34.1 Å². The molecule has 142 valence electrons. The van der Waals surface area contributed by atoms with Crippen LogP contribution in [0.4, 0.5) is 0 Å². The van der Waals surface area contributed by atoms with Crippen molar-refractivity contribution in [2.45, 2.75) is 0 Å². The van der Waals surface area contributed by atoms with Crippen molar-refractivity contribution >= 4 is 60.5 Å². The van der Waals surface area contributed by atoms with Crippen LogP contribution in [-0.2, 0) is 0 Å². The van der Waals surface area contributed by atoms with Crippen molar-refractivity contribution in [1.82, 2.24) is 0 Å². The molecule has 30 heavy (non-hydrogen) atoms. The molecule has 3 aromatic carbocycles. The highest BCUT2D eigenvalue weighted by atomic mass is 32.1. The van der Waals surface area contributed by atoms with Crippen molar-refractivity contribution in [3.8, 4) is 10.4 Å². The number of ketones is 2. The van der Waals surface area contributed by atoms with Gasteiger partial charge in [-0.05, 0) is 46.7 Å². The van der Waals surface area contributed by atoms with Gasteiger partial charge in [0.15, 0.2) is 11.6 Å². The summed E-state index contributed by atoms with van der Waals surface area (Å²) in [4.78, 5) is 28.1. The molecular weight excluding hydrogens is 408 g/mol. The molecule has 5 aromatic rings. The van der Waals surface area contributed by atoms with Crippen LogP contribution in [0.1, 0.15) is 25.6 Å². The lowest BCUT2D eigenvalue weighted by Gasteiger charge is -2.00. The van der Waals surface area contributed by atoms with Gasteiger partial charge < -0.3 is 0 Å². The first-order valence-corrected chi connectivity index (χ1v) is 11.2. The minimum absolute atomic E-state index is 0.178. The normalized spacial score (nSPS) is 13.4. The van der Waals surface area contributed by atoms with Crippen molar-refractivity contribution in [1.29, 1.82) is 0 Å². The average molecular weight is 423 g/mol. The summed E-state index contributed by atoms with van der Waals surface area (Å²) in [5.41, 5.74) is 2.48. The van der Waals surface area contributed by atoms with E-state index in [0.717, 1.165) is 15.6 Å². The fourth-order valence-corrected chi connectivity index (χ4v) is 6.31. The van der Waals surface area contributed by atoms with Crippen molar-refractivity contribution in [2.24, 2.45) is 0 Å². The van der Waals surface area contributed by atoms with Gasteiger partial charge in [0.25, 0.3) is 0 Å². The molecule has 4 heteroatoms. The van der Waals surface area contributed by atoms with Crippen LogP contribution < -0.4 is 0 Å². The Hall–Kier alpha value is -3.34. The van der Waals surface area contributed by atoms with E-state index in [1.54, 1.807) is 28.7 Å². The van der Waals surface area contributed by atoms with Crippen molar-refractivity contribution in [2.75, 3.05) is 0 Å². The van der Waals surface area contributed by atoms with Gasteiger partial charge in [-0.1, -0.05) is 54.6 Å². The molecule has 0 bridgehead atoms. The van der Waals surface area contributed by atoms with Gasteiger partial charge in [0.2, 0.25) is 0 Å². The van der Waals surface area contributed by atoms with Gasteiger partial charge >= 0.3 is 0 Å². The quantitative estimate of drug-likeness (QED) is 0.222. The molecule has 1 aliphatic carbocycles. The molecule has 0 atom stereocenters. The van der Waals surface area contributed by atoms with E-state index < -0.39 is 0 Å². The van der Waals surface area contributed by atoms with Crippen LogP contribution >= 0.6 is 22.7 Å². The summed E-state index contributed by atoms with van der Waals surface area (Å²) in [6.07, 6.45) is 1.76. The van der Waals surface area contributed by atoms with Crippen LogP contribution in [0.3, 0.4) is 0 Å². The second kappa shape index (κ2) is 6.59. The molecule has 2 heterocycles. The first kappa shape index (κ1) is 17.5. The molecule has 0 saturated heterocycles. The van der Waals surface area contributed by atoms with E-state index in [0.29, 0.717) is 11.1 Å². The largest absolute Gasteiger partial charge is 0.288 e. The van der Waals surface area contributed by atoms with E-state index in [4.69, 9.17) is 0 Å². The Morgan fingerprint density at radius 1 is 0.633 bits per heavy atom. The maximum atomic E-state index is 13.0.